The van der Waals surface area contributed by atoms with Crippen molar-refractivity contribution in [2.75, 3.05) is 0 Å². The summed E-state index contributed by atoms with van der Waals surface area (Å²) in [6, 6.07) is 84.2. The highest BCUT2D eigenvalue weighted by Gasteiger charge is 2.41. The summed E-state index contributed by atoms with van der Waals surface area (Å²) >= 11 is 0. The van der Waals surface area contributed by atoms with Crippen LogP contribution < -0.4 is 20.7 Å². The molecule has 0 aliphatic carbocycles. The van der Waals surface area contributed by atoms with Gasteiger partial charge in [0.2, 0.25) is 17.8 Å². The standard InChI is InChI=1S/C58H39N7Si/c1-4-22-41(23-5-1)66(42-24-6-2-7-25-42,43-26-8-3-9-27-43)44-28-20-21-40(39-44)55-60-56(63-50-34-15-10-29-45(50)46-30-11-16-35-51(46)63)62-57(61-55)65-54-38-19-14-33-49(54)59-58(65)64-52-36-17-12-31-47(52)48-32-13-18-37-53(48)64/h1-39H. The quantitative estimate of drug-likeness (QED) is 0.113. The van der Waals surface area contributed by atoms with Gasteiger partial charge in [-0.2, -0.15) is 15.0 Å². The van der Waals surface area contributed by atoms with E-state index < -0.39 is 8.07 Å². The number of imidazole rings is 1. The Bertz CT molecular complexity index is 3750. The molecular weight excluding hydrogens is 823 g/mol. The van der Waals surface area contributed by atoms with Gasteiger partial charge < -0.3 is 0 Å². The molecule has 4 aromatic heterocycles. The van der Waals surface area contributed by atoms with Crippen molar-refractivity contribution < 1.29 is 0 Å². The molecule has 0 fully saturated rings. The van der Waals surface area contributed by atoms with Gasteiger partial charge >= 0.3 is 0 Å². The smallest absolute Gasteiger partial charge is 0.242 e. The van der Waals surface area contributed by atoms with Crippen LogP contribution in [0.25, 0.3) is 83.9 Å². The fraction of sp³-hybridized carbons (Fsp3) is 0. The highest BCUT2D eigenvalue weighted by Crippen LogP contribution is 2.35. The predicted molar refractivity (Wildman–Crippen MR) is 272 cm³/mol. The van der Waals surface area contributed by atoms with Crippen molar-refractivity contribution in [3.63, 3.8) is 0 Å². The topological polar surface area (TPSA) is 66.3 Å². The van der Waals surface area contributed by atoms with E-state index in [1.54, 1.807) is 0 Å². The number of hydrogen-bond donors (Lipinski definition) is 0. The Morgan fingerprint density at radius 1 is 0.288 bits per heavy atom. The van der Waals surface area contributed by atoms with Crippen molar-refractivity contribution >= 4 is 83.5 Å². The summed E-state index contributed by atoms with van der Waals surface area (Å²) < 4.78 is 6.53. The minimum Gasteiger partial charge on any atom is -0.279 e. The average Bonchev–Trinajstić information content (AvgIpc) is 4.05. The van der Waals surface area contributed by atoms with Crippen LogP contribution in [-0.2, 0) is 0 Å². The number of benzene rings is 9. The second-order valence-electron chi connectivity index (χ2n) is 16.7. The van der Waals surface area contributed by atoms with Gasteiger partial charge in [0.25, 0.3) is 0 Å². The molecule has 0 spiro atoms. The molecule has 66 heavy (non-hydrogen) atoms. The Morgan fingerprint density at radius 2 is 0.682 bits per heavy atom. The molecule has 13 aromatic rings. The number of fused-ring (bicyclic) bond motifs is 7. The molecule has 0 N–H and O–H groups in total. The van der Waals surface area contributed by atoms with E-state index in [9.17, 15) is 0 Å². The Kier molecular flexibility index (Phi) is 8.72. The van der Waals surface area contributed by atoms with E-state index in [4.69, 9.17) is 19.9 Å². The monoisotopic (exact) mass is 861 g/mol. The largest absolute Gasteiger partial charge is 0.279 e. The van der Waals surface area contributed by atoms with Crippen molar-refractivity contribution in [2.45, 2.75) is 0 Å². The number of aromatic nitrogens is 7. The number of rotatable bonds is 8. The lowest BCUT2D eigenvalue weighted by Gasteiger charge is -2.34. The predicted octanol–water partition coefficient (Wildman–Crippen LogP) is 10.4. The van der Waals surface area contributed by atoms with Crippen LogP contribution in [0.4, 0.5) is 0 Å². The molecule has 13 rings (SSSR count). The second kappa shape index (κ2) is 15.2. The van der Waals surface area contributed by atoms with Gasteiger partial charge in [-0.15, -0.1) is 0 Å². The molecule has 0 bridgehead atoms. The maximum Gasteiger partial charge on any atom is 0.242 e. The summed E-state index contributed by atoms with van der Waals surface area (Å²) in [5, 5.41) is 9.65. The summed E-state index contributed by atoms with van der Waals surface area (Å²) in [5.41, 5.74) is 6.72. The molecule has 310 valence electrons. The van der Waals surface area contributed by atoms with Crippen LogP contribution in [0, 0.1) is 0 Å². The van der Waals surface area contributed by atoms with Crippen LogP contribution in [-0.4, -0.2) is 41.7 Å². The molecule has 7 nitrogen and oxygen atoms in total. The van der Waals surface area contributed by atoms with E-state index in [0.29, 0.717) is 23.7 Å². The summed E-state index contributed by atoms with van der Waals surface area (Å²) in [7, 11) is -2.90. The first-order chi connectivity index (χ1) is 32.8. The fourth-order valence-corrected chi connectivity index (χ4v) is 15.1. The van der Waals surface area contributed by atoms with Crippen LogP contribution in [0.1, 0.15) is 0 Å². The van der Waals surface area contributed by atoms with E-state index in [0.717, 1.165) is 60.2 Å². The van der Waals surface area contributed by atoms with Gasteiger partial charge in [-0.3, -0.25) is 9.13 Å². The molecule has 9 aromatic carbocycles. The highest BCUT2D eigenvalue weighted by molar-refractivity contribution is 7.19. The fourth-order valence-electron chi connectivity index (χ4n) is 10.3. The average molecular weight is 862 g/mol. The zero-order chi connectivity index (χ0) is 43.6. The SMILES string of the molecule is c1ccc([Si](c2ccccc2)(c2ccccc2)c2cccc(-c3nc(-n4c(-n5c6ccccc6c6ccccc65)nc5ccccc54)nc(-n4c5ccccc5c5ccccc54)n3)c2)cc1. The Morgan fingerprint density at radius 3 is 1.18 bits per heavy atom. The minimum atomic E-state index is -2.90. The molecule has 8 heteroatoms. The zero-order valence-electron chi connectivity index (χ0n) is 35.6. The lowest BCUT2D eigenvalue weighted by atomic mass is 10.2. The van der Waals surface area contributed by atoms with Crippen molar-refractivity contribution in [1.29, 1.82) is 0 Å². The first-order valence-corrected chi connectivity index (χ1v) is 24.2. The van der Waals surface area contributed by atoms with E-state index in [-0.39, 0.29) is 0 Å². The van der Waals surface area contributed by atoms with Crippen molar-refractivity contribution in [3.8, 4) is 29.2 Å². The van der Waals surface area contributed by atoms with Gasteiger partial charge in [0, 0.05) is 27.1 Å². The third-order valence-corrected chi connectivity index (χ3v) is 17.9. The highest BCUT2D eigenvalue weighted by atomic mass is 28.3. The number of hydrogen-bond acceptors (Lipinski definition) is 4. The maximum absolute atomic E-state index is 5.53. The molecule has 0 aliphatic heterocycles. The summed E-state index contributed by atoms with van der Waals surface area (Å²) in [5.74, 6) is 2.23. The first-order valence-electron chi connectivity index (χ1n) is 22.2. The van der Waals surface area contributed by atoms with Crippen molar-refractivity contribution in [2.24, 2.45) is 0 Å². The Balaban J connectivity index is 1.13. The van der Waals surface area contributed by atoms with Gasteiger partial charge in [0.05, 0.1) is 33.1 Å². The minimum absolute atomic E-state index is 0.463. The summed E-state index contributed by atoms with van der Waals surface area (Å²) in [6.07, 6.45) is 0. The van der Waals surface area contributed by atoms with E-state index in [1.165, 1.54) is 20.7 Å². The molecule has 0 amide bonds. The Hall–Kier alpha value is -8.72. The molecule has 0 radical (unpaired) electrons. The number of nitrogens with zero attached hydrogens (tertiary/aromatic N) is 7. The van der Waals surface area contributed by atoms with Gasteiger partial charge in [-0.1, -0.05) is 200 Å². The molecular formula is C58H39N7Si. The molecule has 0 unspecified atom stereocenters. The van der Waals surface area contributed by atoms with E-state index >= 15 is 0 Å². The summed E-state index contributed by atoms with van der Waals surface area (Å²) in [6.45, 7) is 0. The van der Waals surface area contributed by atoms with Crippen LogP contribution in [0.15, 0.2) is 237 Å². The molecule has 0 saturated heterocycles. The van der Waals surface area contributed by atoms with Gasteiger partial charge in [-0.25, -0.2) is 9.55 Å². The van der Waals surface area contributed by atoms with Crippen molar-refractivity contribution in [1.82, 2.24) is 33.6 Å². The normalized spacial score (nSPS) is 11.9. The number of para-hydroxylation sites is 6. The van der Waals surface area contributed by atoms with Crippen LogP contribution in [0.2, 0.25) is 0 Å². The lowest BCUT2D eigenvalue weighted by Crippen LogP contribution is -2.74. The van der Waals surface area contributed by atoms with Crippen LogP contribution >= 0.6 is 0 Å². The molecule has 0 aliphatic rings. The maximum atomic E-state index is 5.53. The Labute approximate surface area is 381 Å². The third-order valence-electron chi connectivity index (χ3n) is 13.1. The molecule has 0 atom stereocenters. The molecule has 4 heterocycles. The van der Waals surface area contributed by atoms with Gasteiger partial charge in [0.1, 0.15) is 0 Å². The zero-order valence-corrected chi connectivity index (χ0v) is 36.6. The van der Waals surface area contributed by atoms with Gasteiger partial charge in [0.15, 0.2) is 13.9 Å². The summed E-state index contributed by atoms with van der Waals surface area (Å²) in [4.78, 5) is 21.9. The second-order valence-corrected chi connectivity index (χ2v) is 20.5. The molecule has 0 saturated carbocycles. The van der Waals surface area contributed by atoms with Gasteiger partial charge in [-0.05, 0) is 57.1 Å². The van der Waals surface area contributed by atoms with Crippen molar-refractivity contribution in [3.05, 3.63) is 237 Å². The van der Waals surface area contributed by atoms with Crippen LogP contribution in [0.5, 0.6) is 0 Å². The van der Waals surface area contributed by atoms with Crippen LogP contribution in [0.3, 0.4) is 0 Å². The first kappa shape index (κ1) is 37.8. The lowest BCUT2D eigenvalue weighted by molar-refractivity contribution is 0.848. The third kappa shape index (κ3) is 5.75. The van der Waals surface area contributed by atoms with E-state index in [2.05, 4.69) is 244 Å². The van der Waals surface area contributed by atoms with E-state index in [1.807, 2.05) is 6.07 Å².